The summed E-state index contributed by atoms with van der Waals surface area (Å²) in [6.07, 6.45) is 2.02. The number of nitrogen functional groups attached to an aromatic ring is 1. The van der Waals surface area contributed by atoms with Gasteiger partial charge in [0.1, 0.15) is 5.82 Å². The van der Waals surface area contributed by atoms with Crippen molar-refractivity contribution in [3.8, 4) is 11.3 Å². The summed E-state index contributed by atoms with van der Waals surface area (Å²) in [5.41, 5.74) is 10.9. The Morgan fingerprint density at radius 2 is 1.82 bits per heavy atom. The number of rotatable bonds is 8. The molecule has 2 aromatic carbocycles. The van der Waals surface area contributed by atoms with Crippen molar-refractivity contribution in [2.45, 2.75) is 13.0 Å². The first-order valence-electron chi connectivity index (χ1n) is 11.0. The Kier molecular flexibility index (Phi) is 6.98. The summed E-state index contributed by atoms with van der Waals surface area (Å²) in [7, 11) is 1.57. The Hall–Kier alpha value is -4.46. The number of amides is 2. The van der Waals surface area contributed by atoms with Crippen LogP contribution in [0.4, 0.5) is 11.5 Å². The number of nitrogens with zero attached hydrogens (tertiary/aromatic N) is 2. The Labute approximate surface area is 197 Å². The van der Waals surface area contributed by atoms with Crippen molar-refractivity contribution < 1.29 is 9.59 Å². The summed E-state index contributed by atoms with van der Waals surface area (Å²) < 4.78 is 0. The van der Waals surface area contributed by atoms with E-state index in [9.17, 15) is 9.59 Å². The normalized spacial score (nSPS) is 10.6. The summed E-state index contributed by atoms with van der Waals surface area (Å²) in [5.74, 6) is 0.251. The fraction of sp³-hybridized carbons (Fsp3) is 0.154. The second kappa shape index (κ2) is 10.4. The average Bonchev–Trinajstić information content (AvgIpc) is 2.88. The molecular weight excluding hydrogens is 428 g/mol. The van der Waals surface area contributed by atoms with E-state index < -0.39 is 0 Å². The van der Waals surface area contributed by atoms with Crippen LogP contribution in [0.3, 0.4) is 0 Å². The SMILES string of the molecule is CNC(=O)CCNC(=O)c1ccc(-c2ccc(N)c(NCc3ccc4ncccc4c3)n2)cc1. The number of nitrogens with one attached hydrogen (secondary N) is 3. The van der Waals surface area contributed by atoms with Crippen molar-refractivity contribution in [2.75, 3.05) is 24.6 Å². The van der Waals surface area contributed by atoms with E-state index in [0.29, 0.717) is 23.6 Å². The van der Waals surface area contributed by atoms with Crippen LogP contribution in [0.1, 0.15) is 22.3 Å². The number of fused-ring (bicyclic) bond motifs is 1. The molecule has 0 fully saturated rings. The molecule has 0 saturated heterocycles. The van der Waals surface area contributed by atoms with Crippen molar-refractivity contribution in [3.05, 3.63) is 84.1 Å². The molecule has 0 bridgehead atoms. The smallest absolute Gasteiger partial charge is 0.251 e. The zero-order chi connectivity index (χ0) is 23.9. The van der Waals surface area contributed by atoms with Crippen LogP contribution >= 0.6 is 0 Å². The second-order valence-corrected chi connectivity index (χ2v) is 7.77. The zero-order valence-corrected chi connectivity index (χ0v) is 18.8. The maximum atomic E-state index is 12.3. The predicted octanol–water partition coefficient (Wildman–Crippen LogP) is 3.36. The van der Waals surface area contributed by atoms with Crippen LogP contribution in [0.15, 0.2) is 72.9 Å². The molecule has 0 radical (unpaired) electrons. The number of pyridine rings is 2. The lowest BCUT2D eigenvalue weighted by molar-refractivity contribution is -0.120. The average molecular weight is 455 g/mol. The highest BCUT2D eigenvalue weighted by molar-refractivity contribution is 5.95. The number of anilines is 2. The molecule has 5 N–H and O–H groups in total. The molecule has 4 rings (SSSR count). The van der Waals surface area contributed by atoms with Crippen molar-refractivity contribution >= 4 is 34.2 Å². The third-order valence-corrected chi connectivity index (χ3v) is 5.41. The number of carbonyl (C=O) groups excluding carboxylic acids is 2. The van der Waals surface area contributed by atoms with Crippen LogP contribution in [0, 0.1) is 0 Å². The third-order valence-electron chi connectivity index (χ3n) is 5.41. The fourth-order valence-corrected chi connectivity index (χ4v) is 3.50. The molecular formula is C26H26N6O2. The number of aromatic nitrogens is 2. The van der Waals surface area contributed by atoms with Crippen LogP contribution in [0.25, 0.3) is 22.2 Å². The van der Waals surface area contributed by atoms with E-state index in [1.54, 1.807) is 25.4 Å². The topological polar surface area (TPSA) is 122 Å². The van der Waals surface area contributed by atoms with E-state index in [-0.39, 0.29) is 24.8 Å². The van der Waals surface area contributed by atoms with Crippen molar-refractivity contribution in [1.29, 1.82) is 0 Å². The Bertz CT molecular complexity index is 1320. The van der Waals surface area contributed by atoms with Gasteiger partial charge < -0.3 is 21.7 Å². The molecule has 0 aliphatic carbocycles. The summed E-state index contributed by atoms with van der Waals surface area (Å²) >= 11 is 0. The monoisotopic (exact) mass is 454 g/mol. The minimum absolute atomic E-state index is 0.118. The van der Waals surface area contributed by atoms with Gasteiger partial charge in [0.15, 0.2) is 0 Å². The van der Waals surface area contributed by atoms with Crippen molar-refractivity contribution in [1.82, 2.24) is 20.6 Å². The zero-order valence-electron chi connectivity index (χ0n) is 18.8. The van der Waals surface area contributed by atoms with E-state index in [0.717, 1.165) is 27.7 Å². The maximum Gasteiger partial charge on any atom is 0.251 e. The fourth-order valence-electron chi connectivity index (χ4n) is 3.50. The van der Waals surface area contributed by atoms with Crippen molar-refractivity contribution in [2.24, 2.45) is 0 Å². The molecule has 0 spiro atoms. The summed E-state index contributed by atoms with van der Waals surface area (Å²) in [5, 5.41) is 9.66. The van der Waals surface area contributed by atoms with E-state index in [2.05, 4.69) is 32.0 Å². The van der Waals surface area contributed by atoms with Gasteiger partial charge in [0.2, 0.25) is 5.91 Å². The minimum Gasteiger partial charge on any atom is -0.396 e. The molecule has 4 aromatic rings. The maximum absolute atomic E-state index is 12.3. The summed E-state index contributed by atoms with van der Waals surface area (Å²) in [6.45, 7) is 0.850. The van der Waals surface area contributed by atoms with Gasteiger partial charge in [-0.2, -0.15) is 0 Å². The molecule has 0 aliphatic rings. The number of nitrogens with two attached hydrogens (primary N) is 1. The van der Waals surface area contributed by atoms with Crippen LogP contribution in [0.2, 0.25) is 0 Å². The first-order chi connectivity index (χ1) is 16.5. The molecule has 2 aromatic heterocycles. The summed E-state index contributed by atoms with van der Waals surface area (Å²) in [6, 6.07) is 20.9. The van der Waals surface area contributed by atoms with Gasteiger partial charge in [0, 0.05) is 49.3 Å². The molecule has 8 nitrogen and oxygen atoms in total. The van der Waals surface area contributed by atoms with Crippen LogP contribution < -0.4 is 21.7 Å². The lowest BCUT2D eigenvalue weighted by Crippen LogP contribution is -2.29. The van der Waals surface area contributed by atoms with E-state index >= 15 is 0 Å². The van der Waals surface area contributed by atoms with E-state index in [4.69, 9.17) is 5.73 Å². The predicted molar refractivity (Wildman–Crippen MR) is 134 cm³/mol. The molecule has 0 atom stereocenters. The molecule has 0 saturated carbocycles. The quantitative estimate of drug-likeness (QED) is 0.324. The number of carbonyl (C=O) groups is 2. The highest BCUT2D eigenvalue weighted by Crippen LogP contribution is 2.24. The number of benzene rings is 2. The first-order valence-corrected chi connectivity index (χ1v) is 11.0. The van der Waals surface area contributed by atoms with Crippen LogP contribution in [-0.4, -0.2) is 35.4 Å². The highest BCUT2D eigenvalue weighted by atomic mass is 16.2. The van der Waals surface area contributed by atoms with Gasteiger partial charge in [-0.25, -0.2) is 4.98 Å². The minimum atomic E-state index is -0.228. The summed E-state index contributed by atoms with van der Waals surface area (Å²) in [4.78, 5) is 32.6. The van der Waals surface area contributed by atoms with Gasteiger partial charge >= 0.3 is 0 Å². The molecule has 8 heteroatoms. The Balaban J connectivity index is 1.42. The van der Waals surface area contributed by atoms with Gasteiger partial charge in [-0.05, 0) is 48.0 Å². The number of hydrogen-bond acceptors (Lipinski definition) is 6. The van der Waals surface area contributed by atoms with Crippen LogP contribution in [0.5, 0.6) is 0 Å². The number of hydrogen-bond donors (Lipinski definition) is 4. The molecule has 0 aliphatic heterocycles. The molecule has 172 valence electrons. The first kappa shape index (κ1) is 22.7. The highest BCUT2D eigenvalue weighted by Gasteiger charge is 2.09. The molecule has 0 unspecified atom stereocenters. The Morgan fingerprint density at radius 1 is 1.00 bits per heavy atom. The second-order valence-electron chi connectivity index (χ2n) is 7.77. The molecule has 34 heavy (non-hydrogen) atoms. The molecule has 2 amide bonds. The van der Waals surface area contributed by atoms with Gasteiger partial charge in [-0.15, -0.1) is 0 Å². The van der Waals surface area contributed by atoms with Gasteiger partial charge in [-0.3, -0.25) is 14.6 Å². The van der Waals surface area contributed by atoms with Gasteiger partial charge in [-0.1, -0.05) is 24.3 Å². The lowest BCUT2D eigenvalue weighted by atomic mass is 10.1. The largest absolute Gasteiger partial charge is 0.396 e. The lowest BCUT2D eigenvalue weighted by Gasteiger charge is -2.11. The van der Waals surface area contributed by atoms with Gasteiger partial charge in [0.25, 0.3) is 5.91 Å². The molecule has 2 heterocycles. The van der Waals surface area contributed by atoms with E-state index in [1.807, 2.05) is 48.5 Å². The Morgan fingerprint density at radius 3 is 2.62 bits per heavy atom. The third kappa shape index (κ3) is 5.47. The van der Waals surface area contributed by atoms with Gasteiger partial charge in [0.05, 0.1) is 16.9 Å². The standard InChI is InChI=1S/C26H26N6O2/c1-28-24(33)12-14-30-26(34)19-7-5-18(6-8-19)23-11-9-21(27)25(32-23)31-16-17-4-10-22-20(15-17)3-2-13-29-22/h2-11,13,15H,12,14,16,27H2,1H3,(H,28,33)(H,30,34)(H,31,32). The van der Waals surface area contributed by atoms with E-state index in [1.165, 1.54) is 0 Å². The van der Waals surface area contributed by atoms with Crippen molar-refractivity contribution in [3.63, 3.8) is 0 Å². The van der Waals surface area contributed by atoms with Crippen LogP contribution in [-0.2, 0) is 11.3 Å².